The molecule has 146 valence electrons. The monoisotopic (exact) mass is 391 g/mol. The van der Waals surface area contributed by atoms with E-state index in [1.807, 2.05) is 20.8 Å². The topological polar surface area (TPSA) is 112 Å². The molecule has 0 bridgehead atoms. The van der Waals surface area contributed by atoms with Crippen molar-refractivity contribution in [2.24, 2.45) is 0 Å². The molecule has 9 heteroatoms. The molecule has 27 heavy (non-hydrogen) atoms. The number of anilines is 1. The van der Waals surface area contributed by atoms with Crippen LogP contribution in [0.2, 0.25) is 0 Å². The first-order valence-corrected chi connectivity index (χ1v) is 9.81. The maximum absolute atomic E-state index is 12.2. The van der Waals surface area contributed by atoms with Crippen molar-refractivity contribution < 1.29 is 14.3 Å². The normalized spacial score (nSPS) is 10.8. The van der Waals surface area contributed by atoms with Crippen LogP contribution < -0.4 is 11.2 Å². The van der Waals surface area contributed by atoms with Crippen LogP contribution in [0.4, 0.5) is 5.69 Å². The number of nitrogens with one attached hydrogen (secondary N) is 1. The van der Waals surface area contributed by atoms with E-state index in [1.165, 1.54) is 16.4 Å². The van der Waals surface area contributed by atoms with Crippen molar-refractivity contribution >= 4 is 29.3 Å². The van der Waals surface area contributed by atoms with Crippen LogP contribution >= 0.6 is 11.8 Å². The van der Waals surface area contributed by atoms with E-state index in [0.717, 1.165) is 12.8 Å². The molecule has 0 aliphatic carbocycles. The second-order valence-electron chi connectivity index (χ2n) is 6.27. The molecular weight excluding hydrogens is 366 g/mol. The highest BCUT2D eigenvalue weighted by atomic mass is 32.2. The smallest absolute Gasteiger partial charge is 0.338 e. The number of esters is 1. The van der Waals surface area contributed by atoms with Crippen LogP contribution in [0, 0.1) is 0 Å². The molecule has 0 saturated carbocycles. The van der Waals surface area contributed by atoms with Crippen LogP contribution in [0.25, 0.3) is 0 Å². The van der Waals surface area contributed by atoms with Crippen molar-refractivity contribution in [3.63, 3.8) is 0 Å². The minimum Gasteiger partial charge on any atom is -0.462 e. The summed E-state index contributed by atoms with van der Waals surface area (Å²) < 4.78 is 6.58. The number of carbonyl (C=O) groups excluding carboxylic acids is 2. The summed E-state index contributed by atoms with van der Waals surface area (Å²) in [5.74, 6) is 6.23. The van der Waals surface area contributed by atoms with Gasteiger partial charge in [-0.1, -0.05) is 45.0 Å². The number of aromatic nitrogens is 3. The SMILES string of the molecule is CCCCOC(=O)c1cccc(NC(=O)CSc2nnc(C(C)C)n2N)c1. The molecule has 3 N–H and O–H groups in total. The van der Waals surface area contributed by atoms with Crippen molar-refractivity contribution in [3.05, 3.63) is 35.7 Å². The van der Waals surface area contributed by atoms with Gasteiger partial charge in [-0.2, -0.15) is 0 Å². The lowest BCUT2D eigenvalue weighted by Crippen LogP contribution is -2.18. The molecule has 0 aliphatic heterocycles. The van der Waals surface area contributed by atoms with Gasteiger partial charge in [-0.05, 0) is 24.6 Å². The summed E-state index contributed by atoms with van der Waals surface area (Å²) in [4.78, 5) is 24.2. The Balaban J connectivity index is 1.90. The van der Waals surface area contributed by atoms with Gasteiger partial charge in [0.2, 0.25) is 11.1 Å². The fourth-order valence-electron chi connectivity index (χ4n) is 2.22. The minimum atomic E-state index is -0.397. The highest BCUT2D eigenvalue weighted by Crippen LogP contribution is 2.19. The van der Waals surface area contributed by atoms with E-state index in [1.54, 1.807) is 24.3 Å². The molecular formula is C18H25N5O3S. The van der Waals surface area contributed by atoms with Crippen LogP contribution in [0.5, 0.6) is 0 Å². The fourth-order valence-corrected chi connectivity index (χ4v) is 2.89. The first-order chi connectivity index (χ1) is 12.9. The molecule has 0 atom stereocenters. The third-order valence-electron chi connectivity index (χ3n) is 3.65. The van der Waals surface area contributed by atoms with Crippen LogP contribution in [0.3, 0.4) is 0 Å². The van der Waals surface area contributed by atoms with E-state index in [2.05, 4.69) is 15.5 Å². The summed E-state index contributed by atoms with van der Waals surface area (Å²) in [5.41, 5.74) is 0.933. The summed E-state index contributed by atoms with van der Waals surface area (Å²) in [5, 5.41) is 11.3. The van der Waals surface area contributed by atoms with Crippen LogP contribution in [0.15, 0.2) is 29.4 Å². The van der Waals surface area contributed by atoms with Gasteiger partial charge < -0.3 is 15.9 Å². The van der Waals surface area contributed by atoms with Crippen LogP contribution in [0.1, 0.15) is 55.7 Å². The van der Waals surface area contributed by atoms with E-state index in [4.69, 9.17) is 10.6 Å². The number of amides is 1. The molecule has 0 radical (unpaired) electrons. The van der Waals surface area contributed by atoms with Gasteiger partial charge >= 0.3 is 5.97 Å². The molecule has 0 spiro atoms. The van der Waals surface area contributed by atoms with Crippen LogP contribution in [-0.4, -0.2) is 39.1 Å². The number of hydrogen-bond donors (Lipinski definition) is 2. The molecule has 8 nitrogen and oxygen atoms in total. The summed E-state index contributed by atoms with van der Waals surface area (Å²) in [6.45, 7) is 6.35. The Morgan fingerprint density at radius 2 is 2.11 bits per heavy atom. The first-order valence-electron chi connectivity index (χ1n) is 8.82. The summed E-state index contributed by atoms with van der Waals surface area (Å²) in [6, 6.07) is 6.67. The van der Waals surface area contributed by atoms with Gasteiger partial charge in [0.25, 0.3) is 0 Å². The highest BCUT2D eigenvalue weighted by Gasteiger charge is 2.15. The fraction of sp³-hybridized carbons (Fsp3) is 0.444. The summed E-state index contributed by atoms with van der Waals surface area (Å²) in [6.07, 6.45) is 1.78. The predicted octanol–water partition coefficient (Wildman–Crippen LogP) is 2.80. The van der Waals surface area contributed by atoms with Crippen molar-refractivity contribution in [2.45, 2.75) is 44.7 Å². The second kappa shape index (κ2) is 9.96. The van der Waals surface area contributed by atoms with E-state index in [-0.39, 0.29) is 17.6 Å². The van der Waals surface area contributed by atoms with Crippen molar-refractivity contribution in [2.75, 3.05) is 23.5 Å². The maximum Gasteiger partial charge on any atom is 0.338 e. The Hall–Kier alpha value is -2.55. The lowest BCUT2D eigenvalue weighted by atomic mass is 10.2. The van der Waals surface area contributed by atoms with Gasteiger partial charge in [0.15, 0.2) is 5.82 Å². The number of benzene rings is 1. The number of ether oxygens (including phenoxy) is 1. The average Bonchev–Trinajstić information content (AvgIpc) is 3.01. The molecule has 1 aromatic heterocycles. The number of nitrogen functional groups attached to an aromatic ring is 1. The standard InChI is InChI=1S/C18H25N5O3S/c1-4-5-9-26-17(25)13-7-6-8-14(10-13)20-15(24)11-27-18-22-21-16(12(2)3)23(18)19/h6-8,10,12H,4-5,9,11,19H2,1-3H3,(H,20,24). The molecule has 1 aromatic carbocycles. The summed E-state index contributed by atoms with van der Waals surface area (Å²) >= 11 is 1.20. The third-order valence-corrected chi connectivity index (χ3v) is 4.60. The van der Waals surface area contributed by atoms with Crippen LogP contribution in [-0.2, 0) is 9.53 Å². The lowest BCUT2D eigenvalue weighted by molar-refractivity contribution is -0.113. The van der Waals surface area contributed by atoms with Crippen molar-refractivity contribution in [1.29, 1.82) is 0 Å². The molecule has 0 saturated heterocycles. The highest BCUT2D eigenvalue weighted by molar-refractivity contribution is 7.99. The Morgan fingerprint density at radius 1 is 1.33 bits per heavy atom. The number of carbonyl (C=O) groups is 2. The quantitative estimate of drug-likeness (QED) is 0.292. The van der Waals surface area contributed by atoms with Gasteiger partial charge in [0, 0.05) is 11.6 Å². The zero-order valence-electron chi connectivity index (χ0n) is 15.8. The lowest BCUT2D eigenvalue weighted by Gasteiger charge is -2.08. The van der Waals surface area contributed by atoms with Gasteiger partial charge in [0.05, 0.1) is 17.9 Å². The van der Waals surface area contributed by atoms with E-state index >= 15 is 0 Å². The van der Waals surface area contributed by atoms with E-state index < -0.39 is 5.97 Å². The van der Waals surface area contributed by atoms with Crippen molar-refractivity contribution in [3.8, 4) is 0 Å². The van der Waals surface area contributed by atoms with Gasteiger partial charge in [-0.25, -0.2) is 9.47 Å². The number of unbranched alkanes of at least 4 members (excludes halogenated alkanes) is 1. The molecule has 2 aromatic rings. The van der Waals surface area contributed by atoms with Gasteiger partial charge in [-0.3, -0.25) is 4.79 Å². The molecule has 0 unspecified atom stereocenters. The number of nitrogens with zero attached hydrogens (tertiary/aromatic N) is 3. The Bertz CT molecular complexity index is 791. The maximum atomic E-state index is 12.2. The third kappa shape index (κ3) is 5.99. The molecule has 1 amide bonds. The number of rotatable bonds is 9. The zero-order valence-corrected chi connectivity index (χ0v) is 16.6. The Morgan fingerprint density at radius 3 is 2.78 bits per heavy atom. The van der Waals surface area contributed by atoms with E-state index in [0.29, 0.717) is 28.8 Å². The Kier molecular flexibility index (Phi) is 7.66. The van der Waals surface area contributed by atoms with Crippen molar-refractivity contribution in [1.82, 2.24) is 14.9 Å². The Labute approximate surface area is 162 Å². The average molecular weight is 391 g/mol. The number of thioether (sulfide) groups is 1. The predicted molar refractivity (Wildman–Crippen MR) is 105 cm³/mol. The molecule has 1 heterocycles. The second-order valence-corrected chi connectivity index (χ2v) is 7.22. The first kappa shape index (κ1) is 20.8. The number of hydrogen-bond acceptors (Lipinski definition) is 7. The molecule has 2 rings (SSSR count). The minimum absolute atomic E-state index is 0.124. The number of nitrogens with two attached hydrogens (primary N) is 1. The largest absolute Gasteiger partial charge is 0.462 e. The van der Waals surface area contributed by atoms with E-state index in [9.17, 15) is 9.59 Å². The molecule has 0 aliphatic rings. The summed E-state index contributed by atoms with van der Waals surface area (Å²) in [7, 11) is 0. The van der Waals surface area contributed by atoms with Gasteiger partial charge in [-0.15, -0.1) is 10.2 Å². The van der Waals surface area contributed by atoms with Gasteiger partial charge in [0.1, 0.15) is 0 Å². The molecule has 0 fully saturated rings. The zero-order chi connectivity index (χ0) is 19.8.